The van der Waals surface area contributed by atoms with Crippen LogP contribution in [0.4, 0.5) is 0 Å². The van der Waals surface area contributed by atoms with Gasteiger partial charge in [-0.05, 0) is 36.5 Å². The number of rotatable bonds is 4. The van der Waals surface area contributed by atoms with E-state index in [9.17, 15) is 0 Å². The van der Waals surface area contributed by atoms with E-state index in [0.29, 0.717) is 6.04 Å². The van der Waals surface area contributed by atoms with E-state index in [4.69, 9.17) is 0 Å². The van der Waals surface area contributed by atoms with Crippen molar-refractivity contribution in [3.63, 3.8) is 0 Å². The van der Waals surface area contributed by atoms with Gasteiger partial charge in [0.05, 0.1) is 11.4 Å². The molecule has 1 aliphatic rings. The number of fused-ring (bicyclic) bond motifs is 1. The predicted molar refractivity (Wildman–Crippen MR) is 76.9 cm³/mol. The average molecular weight is 255 g/mol. The number of nitrogens with zero attached hydrogens (tertiary/aromatic N) is 2. The summed E-state index contributed by atoms with van der Waals surface area (Å²) in [6.45, 7) is 3.04. The molecule has 1 N–H and O–H groups in total. The van der Waals surface area contributed by atoms with Crippen molar-refractivity contribution in [3.05, 3.63) is 52.8 Å². The molecule has 0 aliphatic heterocycles. The van der Waals surface area contributed by atoms with E-state index < -0.39 is 0 Å². The molecule has 1 aromatic heterocycles. The van der Waals surface area contributed by atoms with E-state index in [2.05, 4.69) is 47.7 Å². The number of hydrogen-bond donors (Lipinski definition) is 1. The zero-order chi connectivity index (χ0) is 13.2. The third-order valence-electron chi connectivity index (χ3n) is 4.05. The molecule has 1 atom stereocenters. The fraction of sp³-hybridized carbons (Fsp3) is 0.438. The molecule has 100 valence electrons. The Morgan fingerprint density at radius 3 is 3.00 bits per heavy atom. The van der Waals surface area contributed by atoms with Gasteiger partial charge in [0.15, 0.2) is 0 Å². The van der Waals surface area contributed by atoms with Crippen LogP contribution in [0.3, 0.4) is 0 Å². The minimum Gasteiger partial charge on any atom is -0.304 e. The van der Waals surface area contributed by atoms with E-state index in [-0.39, 0.29) is 0 Å². The van der Waals surface area contributed by atoms with E-state index in [0.717, 1.165) is 13.0 Å². The van der Waals surface area contributed by atoms with Gasteiger partial charge in [-0.25, -0.2) is 0 Å². The maximum Gasteiger partial charge on any atom is 0.0625 e. The van der Waals surface area contributed by atoms with E-state index in [1.54, 1.807) is 0 Å². The number of aromatic nitrogens is 2. The predicted octanol–water partition coefficient (Wildman–Crippen LogP) is 2.76. The van der Waals surface area contributed by atoms with Crippen molar-refractivity contribution in [1.82, 2.24) is 15.1 Å². The fourth-order valence-electron chi connectivity index (χ4n) is 2.91. The molecule has 1 aromatic carbocycles. The lowest BCUT2D eigenvalue weighted by molar-refractivity contribution is 0.512. The van der Waals surface area contributed by atoms with E-state index >= 15 is 0 Å². The van der Waals surface area contributed by atoms with Gasteiger partial charge in [-0.15, -0.1) is 0 Å². The van der Waals surface area contributed by atoms with Crippen LogP contribution < -0.4 is 5.32 Å². The molecule has 0 radical (unpaired) electrons. The Balaban J connectivity index is 1.69. The minimum absolute atomic E-state index is 0.496. The lowest BCUT2D eigenvalue weighted by atomic mass is 10.1. The second-order valence-corrected chi connectivity index (χ2v) is 5.28. The van der Waals surface area contributed by atoms with Crippen LogP contribution in [0.15, 0.2) is 30.3 Å². The van der Waals surface area contributed by atoms with Crippen molar-refractivity contribution in [1.29, 1.82) is 0 Å². The van der Waals surface area contributed by atoms with E-state index in [1.165, 1.54) is 35.4 Å². The monoisotopic (exact) mass is 255 g/mol. The number of nitrogens with one attached hydrogen (secondary N) is 1. The van der Waals surface area contributed by atoms with Crippen LogP contribution >= 0.6 is 0 Å². The summed E-state index contributed by atoms with van der Waals surface area (Å²) in [6.07, 6.45) is 3.40. The first-order valence-electron chi connectivity index (χ1n) is 7.11. The highest BCUT2D eigenvalue weighted by Gasteiger charge is 2.21. The maximum atomic E-state index is 4.50. The first kappa shape index (κ1) is 12.4. The lowest BCUT2D eigenvalue weighted by Crippen LogP contribution is -2.20. The Kier molecular flexibility index (Phi) is 3.38. The highest BCUT2D eigenvalue weighted by atomic mass is 15.3. The van der Waals surface area contributed by atoms with Crippen molar-refractivity contribution in [2.45, 2.75) is 38.8 Å². The molecule has 3 rings (SSSR count). The molecule has 1 aliphatic carbocycles. The first-order chi connectivity index (χ1) is 9.28. The molecule has 1 heterocycles. The molecule has 0 amide bonds. The largest absolute Gasteiger partial charge is 0.304 e. The Morgan fingerprint density at radius 1 is 1.37 bits per heavy atom. The molecule has 19 heavy (non-hydrogen) atoms. The van der Waals surface area contributed by atoms with Gasteiger partial charge in [0, 0.05) is 19.6 Å². The third kappa shape index (κ3) is 2.43. The Bertz CT molecular complexity index is 571. The van der Waals surface area contributed by atoms with Crippen molar-refractivity contribution >= 4 is 0 Å². The zero-order valence-corrected chi connectivity index (χ0v) is 11.7. The average Bonchev–Trinajstić information content (AvgIpc) is 3.00. The summed E-state index contributed by atoms with van der Waals surface area (Å²) in [5, 5.41) is 8.17. The highest BCUT2D eigenvalue weighted by molar-refractivity contribution is 5.34. The molecule has 1 unspecified atom stereocenters. The fourth-order valence-corrected chi connectivity index (χ4v) is 2.91. The topological polar surface area (TPSA) is 29.9 Å². The quantitative estimate of drug-likeness (QED) is 0.910. The molecule has 3 heteroatoms. The molecular formula is C16H21N3. The van der Waals surface area contributed by atoms with Crippen molar-refractivity contribution < 1.29 is 0 Å². The summed E-state index contributed by atoms with van der Waals surface area (Å²) in [7, 11) is 2.03. The second kappa shape index (κ2) is 5.17. The van der Waals surface area contributed by atoms with Gasteiger partial charge in [-0.1, -0.05) is 31.2 Å². The molecule has 3 nitrogen and oxygen atoms in total. The van der Waals surface area contributed by atoms with Crippen LogP contribution in [-0.4, -0.2) is 9.78 Å². The van der Waals surface area contributed by atoms with E-state index in [1.807, 2.05) is 11.7 Å². The van der Waals surface area contributed by atoms with Gasteiger partial charge in [-0.2, -0.15) is 5.10 Å². The second-order valence-electron chi connectivity index (χ2n) is 5.28. The number of hydrogen-bond acceptors (Lipinski definition) is 2. The molecule has 0 saturated heterocycles. The molecule has 0 bridgehead atoms. The van der Waals surface area contributed by atoms with Gasteiger partial charge in [0.25, 0.3) is 0 Å². The van der Waals surface area contributed by atoms with Gasteiger partial charge in [-0.3, -0.25) is 4.68 Å². The summed E-state index contributed by atoms with van der Waals surface area (Å²) >= 11 is 0. The standard InChI is InChI=1S/C16H21N3/c1-3-13-10-14(19(2)18-13)11-17-16-9-8-12-6-4-5-7-15(12)16/h4-7,10,16-17H,3,8-9,11H2,1-2H3. The Hall–Kier alpha value is -1.61. The molecular weight excluding hydrogens is 234 g/mol. The normalized spacial score (nSPS) is 17.7. The SMILES string of the molecule is CCc1cc(CNC2CCc3ccccc32)n(C)n1. The smallest absolute Gasteiger partial charge is 0.0625 e. The minimum atomic E-state index is 0.496. The summed E-state index contributed by atoms with van der Waals surface area (Å²) < 4.78 is 1.99. The summed E-state index contributed by atoms with van der Waals surface area (Å²) in [5.41, 5.74) is 5.41. The summed E-state index contributed by atoms with van der Waals surface area (Å²) in [6, 6.07) is 11.5. The van der Waals surface area contributed by atoms with Crippen LogP contribution in [0.25, 0.3) is 0 Å². The summed E-state index contributed by atoms with van der Waals surface area (Å²) in [5.74, 6) is 0. The molecule has 2 aromatic rings. The van der Waals surface area contributed by atoms with Gasteiger partial charge in [0.1, 0.15) is 0 Å². The molecule has 0 fully saturated rings. The van der Waals surface area contributed by atoms with Crippen LogP contribution in [0.1, 0.15) is 41.9 Å². The Labute approximate surface area is 114 Å². The number of benzene rings is 1. The highest BCUT2D eigenvalue weighted by Crippen LogP contribution is 2.30. The molecule has 0 spiro atoms. The summed E-state index contributed by atoms with van der Waals surface area (Å²) in [4.78, 5) is 0. The number of aryl methyl sites for hydroxylation is 3. The van der Waals surface area contributed by atoms with Crippen LogP contribution in [0.2, 0.25) is 0 Å². The van der Waals surface area contributed by atoms with Crippen LogP contribution in [0, 0.1) is 0 Å². The van der Waals surface area contributed by atoms with Crippen molar-refractivity contribution in [2.24, 2.45) is 7.05 Å². The molecule has 0 saturated carbocycles. The zero-order valence-electron chi connectivity index (χ0n) is 11.7. The Morgan fingerprint density at radius 2 is 2.21 bits per heavy atom. The lowest BCUT2D eigenvalue weighted by Gasteiger charge is -2.13. The van der Waals surface area contributed by atoms with Crippen LogP contribution in [-0.2, 0) is 26.4 Å². The van der Waals surface area contributed by atoms with Crippen LogP contribution in [0.5, 0.6) is 0 Å². The van der Waals surface area contributed by atoms with Gasteiger partial charge < -0.3 is 5.32 Å². The first-order valence-corrected chi connectivity index (χ1v) is 7.11. The van der Waals surface area contributed by atoms with Crippen molar-refractivity contribution in [2.75, 3.05) is 0 Å². The van der Waals surface area contributed by atoms with Gasteiger partial charge >= 0.3 is 0 Å². The van der Waals surface area contributed by atoms with Crippen molar-refractivity contribution in [3.8, 4) is 0 Å². The maximum absolute atomic E-state index is 4.50. The van der Waals surface area contributed by atoms with Gasteiger partial charge in [0.2, 0.25) is 0 Å². The third-order valence-corrected chi connectivity index (χ3v) is 4.05.